The van der Waals surface area contributed by atoms with E-state index in [1.165, 1.54) is 126 Å². The Labute approximate surface area is 405 Å². The van der Waals surface area contributed by atoms with Crippen LogP contribution in [0.5, 0.6) is 0 Å². The number of anilines is 6. The molecule has 2 nitrogen and oxygen atoms in total. The Kier molecular flexibility index (Phi) is 10.1. The van der Waals surface area contributed by atoms with E-state index in [1.807, 2.05) is 0 Å². The van der Waals surface area contributed by atoms with Crippen LogP contribution in [0.25, 0.3) is 0 Å². The van der Waals surface area contributed by atoms with Gasteiger partial charge in [-0.25, -0.2) is 0 Å². The molecule has 6 aromatic carbocycles. The van der Waals surface area contributed by atoms with Gasteiger partial charge in [-0.3, -0.25) is 0 Å². The number of hydrogen-bond donors (Lipinski definition) is 0. The number of hydrogen-bond acceptors (Lipinski definition) is 2. The van der Waals surface area contributed by atoms with Crippen molar-refractivity contribution in [2.75, 3.05) is 9.80 Å². The van der Waals surface area contributed by atoms with Gasteiger partial charge in [0.2, 0.25) is 0 Å². The zero-order valence-corrected chi connectivity index (χ0v) is 44.2. The van der Waals surface area contributed by atoms with Crippen LogP contribution in [-0.4, -0.2) is 6.71 Å². The normalized spacial score (nSPS) is 18.7. The highest BCUT2D eigenvalue weighted by atomic mass is 15.2. The van der Waals surface area contributed by atoms with Crippen molar-refractivity contribution in [1.82, 2.24) is 0 Å². The van der Waals surface area contributed by atoms with E-state index in [0.717, 1.165) is 0 Å². The van der Waals surface area contributed by atoms with Crippen LogP contribution in [0.4, 0.5) is 34.1 Å². The molecule has 0 N–H and O–H groups in total. The standard InChI is InChI=1S/C64H77BN2/c1-40-33-47-49(63(14,15)32-31-61(47,10)11)39-53(40)67-54-35-43(64(16,17)41-21-19-18-20-22-41)23-27-50(54)65-51-34-42(58(2,3)4)24-28-52(51)66(55-36-44(59(5,6)7)37-56(67)57(55)65)45-25-26-46-48(38-45)62(12,13)30-29-60(46,8)9/h18-28,33-39H,29-32H2,1-17H3. The molecule has 0 fully saturated rings. The molecule has 10 rings (SSSR count). The summed E-state index contributed by atoms with van der Waals surface area (Å²) in [5, 5.41) is 0. The van der Waals surface area contributed by atoms with Gasteiger partial charge >= 0.3 is 0 Å². The number of aryl methyl sites for hydroxylation is 1. The van der Waals surface area contributed by atoms with E-state index in [9.17, 15) is 0 Å². The fourth-order valence-corrected chi connectivity index (χ4v) is 12.5. The lowest BCUT2D eigenvalue weighted by atomic mass is 9.33. The van der Waals surface area contributed by atoms with Gasteiger partial charge in [0, 0.05) is 39.5 Å². The van der Waals surface area contributed by atoms with Crippen molar-refractivity contribution in [3.8, 4) is 0 Å². The van der Waals surface area contributed by atoms with Crippen molar-refractivity contribution in [3.63, 3.8) is 0 Å². The zero-order chi connectivity index (χ0) is 48.2. The average Bonchev–Trinajstić information content (AvgIpc) is 3.26. The van der Waals surface area contributed by atoms with Crippen molar-refractivity contribution in [1.29, 1.82) is 0 Å². The first-order valence-corrected chi connectivity index (χ1v) is 25.6. The molecule has 67 heavy (non-hydrogen) atoms. The average molecular weight is 885 g/mol. The van der Waals surface area contributed by atoms with Crippen LogP contribution in [0.3, 0.4) is 0 Å². The third kappa shape index (κ3) is 7.17. The summed E-state index contributed by atoms with van der Waals surface area (Å²) in [6, 6.07) is 44.0. The number of rotatable bonds is 4. The maximum Gasteiger partial charge on any atom is 0.252 e. The van der Waals surface area contributed by atoms with Crippen LogP contribution >= 0.6 is 0 Å². The summed E-state index contributed by atoms with van der Waals surface area (Å²) >= 11 is 0. The van der Waals surface area contributed by atoms with Gasteiger partial charge in [0.25, 0.3) is 6.71 Å². The third-order valence-corrected chi connectivity index (χ3v) is 17.5. The molecule has 3 heteroatoms. The second kappa shape index (κ2) is 14.7. The first kappa shape index (κ1) is 45.8. The second-order valence-corrected chi connectivity index (χ2v) is 26.5. The van der Waals surface area contributed by atoms with Crippen molar-refractivity contribution in [2.24, 2.45) is 0 Å². The topological polar surface area (TPSA) is 6.48 Å². The van der Waals surface area contributed by atoms with Gasteiger partial charge in [-0.05, 0) is 174 Å². The van der Waals surface area contributed by atoms with E-state index in [0.29, 0.717) is 0 Å². The zero-order valence-electron chi connectivity index (χ0n) is 44.2. The first-order valence-electron chi connectivity index (χ1n) is 25.6. The highest BCUT2D eigenvalue weighted by molar-refractivity contribution is 7.00. The Bertz CT molecular complexity index is 2980. The molecule has 2 aliphatic heterocycles. The summed E-state index contributed by atoms with van der Waals surface area (Å²) in [5.74, 6) is 0. The Morgan fingerprint density at radius 3 is 1.52 bits per heavy atom. The minimum absolute atomic E-state index is 0.0194. The predicted octanol–water partition coefficient (Wildman–Crippen LogP) is 15.7. The maximum absolute atomic E-state index is 2.73. The van der Waals surface area contributed by atoms with E-state index in [1.54, 1.807) is 0 Å². The molecule has 0 aromatic heterocycles. The second-order valence-electron chi connectivity index (χ2n) is 26.5. The molecule has 346 valence electrons. The molecule has 0 radical (unpaired) electrons. The van der Waals surface area contributed by atoms with Gasteiger partial charge in [-0.1, -0.05) is 178 Å². The third-order valence-electron chi connectivity index (χ3n) is 17.5. The highest BCUT2D eigenvalue weighted by Gasteiger charge is 2.47. The van der Waals surface area contributed by atoms with Crippen LogP contribution in [0.2, 0.25) is 0 Å². The van der Waals surface area contributed by atoms with E-state index in [-0.39, 0.29) is 44.6 Å². The van der Waals surface area contributed by atoms with Crippen LogP contribution in [0, 0.1) is 6.92 Å². The summed E-state index contributed by atoms with van der Waals surface area (Å²) in [6.45, 7) is 41.2. The fraction of sp³-hybridized carbons (Fsp3) is 0.438. The first-order chi connectivity index (χ1) is 31.1. The van der Waals surface area contributed by atoms with Crippen molar-refractivity contribution >= 4 is 57.2 Å². The van der Waals surface area contributed by atoms with E-state index < -0.39 is 0 Å². The summed E-state index contributed by atoms with van der Waals surface area (Å²) < 4.78 is 0. The monoisotopic (exact) mass is 885 g/mol. The molecule has 0 saturated carbocycles. The number of fused-ring (bicyclic) bond motifs is 6. The Morgan fingerprint density at radius 2 is 0.925 bits per heavy atom. The molecular weight excluding hydrogens is 808 g/mol. The summed E-state index contributed by atoms with van der Waals surface area (Å²) in [6.07, 6.45) is 4.76. The largest absolute Gasteiger partial charge is 0.311 e. The molecule has 0 saturated heterocycles. The Balaban J connectivity index is 1.34. The summed E-state index contributed by atoms with van der Waals surface area (Å²) in [5.41, 5.74) is 24.7. The SMILES string of the molecule is Cc1cc2c(cc1N1c3cc(C(C)(C)c4ccccc4)ccc3B3c4cc(C(C)(C)C)ccc4N(c4ccc5c(c4)C(C)(C)CCC5(C)C)c4cc(C(C)(C)C)cc1c43)C(C)(C)CCC2(C)C. The fourth-order valence-electron chi connectivity index (χ4n) is 12.5. The van der Waals surface area contributed by atoms with Crippen molar-refractivity contribution in [2.45, 2.75) is 181 Å². The molecule has 4 aliphatic rings. The molecule has 6 aromatic rings. The highest BCUT2D eigenvalue weighted by Crippen LogP contribution is 2.53. The Morgan fingerprint density at radius 1 is 0.403 bits per heavy atom. The quantitative estimate of drug-likeness (QED) is 0.163. The minimum atomic E-state index is -0.215. The number of benzene rings is 6. The summed E-state index contributed by atoms with van der Waals surface area (Å²) in [4.78, 5) is 5.40. The predicted molar refractivity (Wildman–Crippen MR) is 292 cm³/mol. The van der Waals surface area contributed by atoms with E-state index in [2.05, 4.69) is 237 Å². The summed E-state index contributed by atoms with van der Waals surface area (Å²) in [7, 11) is 0. The van der Waals surface area contributed by atoms with Gasteiger partial charge < -0.3 is 9.80 Å². The molecule has 0 amide bonds. The van der Waals surface area contributed by atoms with E-state index in [4.69, 9.17) is 0 Å². The van der Waals surface area contributed by atoms with Gasteiger partial charge in [0.05, 0.1) is 0 Å². The van der Waals surface area contributed by atoms with Crippen LogP contribution < -0.4 is 26.2 Å². The van der Waals surface area contributed by atoms with Gasteiger partial charge in [0.1, 0.15) is 0 Å². The molecule has 0 atom stereocenters. The van der Waals surface area contributed by atoms with Crippen LogP contribution in [-0.2, 0) is 37.9 Å². The van der Waals surface area contributed by atoms with Gasteiger partial charge in [0.15, 0.2) is 0 Å². The van der Waals surface area contributed by atoms with Crippen molar-refractivity contribution < 1.29 is 0 Å². The lowest BCUT2D eigenvalue weighted by molar-refractivity contribution is 0.332. The molecule has 0 spiro atoms. The maximum atomic E-state index is 2.73. The van der Waals surface area contributed by atoms with Gasteiger partial charge in [-0.15, -0.1) is 0 Å². The van der Waals surface area contributed by atoms with Crippen molar-refractivity contribution in [3.05, 3.63) is 159 Å². The number of nitrogens with zero attached hydrogens (tertiary/aromatic N) is 2. The smallest absolute Gasteiger partial charge is 0.252 e. The lowest BCUT2D eigenvalue weighted by Gasteiger charge is -2.47. The molecule has 0 bridgehead atoms. The lowest BCUT2D eigenvalue weighted by Crippen LogP contribution is -2.61. The molecule has 2 heterocycles. The van der Waals surface area contributed by atoms with E-state index >= 15 is 0 Å². The molecule has 0 unspecified atom stereocenters. The van der Waals surface area contributed by atoms with Gasteiger partial charge in [-0.2, -0.15) is 0 Å². The minimum Gasteiger partial charge on any atom is -0.311 e. The molecule has 2 aliphatic carbocycles. The van der Waals surface area contributed by atoms with Crippen LogP contribution in [0.15, 0.2) is 109 Å². The molecular formula is C64H77BN2. The Hall–Kier alpha value is -5.02. The van der Waals surface area contributed by atoms with Crippen LogP contribution in [0.1, 0.15) is 187 Å².